The Hall–Kier alpha value is -3.42. The zero-order valence-corrected chi connectivity index (χ0v) is 15.3. The molecule has 2 aromatic heterocycles. The summed E-state index contributed by atoms with van der Waals surface area (Å²) in [5.41, 5.74) is 1.66. The molecule has 0 saturated heterocycles. The molecular formula is C19H20N4O4. The SMILES string of the molecule is CC(C)n1nccc1-c1nn(C)c(=O)cc1COc1cccc(O)c1C=O. The molecule has 0 unspecified atom stereocenters. The summed E-state index contributed by atoms with van der Waals surface area (Å²) in [7, 11) is 1.58. The van der Waals surface area contributed by atoms with Gasteiger partial charge in [0.15, 0.2) is 6.29 Å². The monoisotopic (exact) mass is 368 g/mol. The minimum Gasteiger partial charge on any atom is -0.507 e. The number of hydrogen-bond donors (Lipinski definition) is 1. The van der Waals surface area contributed by atoms with Crippen LogP contribution in [0.25, 0.3) is 11.4 Å². The lowest BCUT2D eigenvalue weighted by atomic mass is 10.1. The summed E-state index contributed by atoms with van der Waals surface area (Å²) in [6.45, 7) is 4.00. The van der Waals surface area contributed by atoms with E-state index < -0.39 is 0 Å². The summed E-state index contributed by atoms with van der Waals surface area (Å²) in [6, 6.07) is 7.94. The molecule has 0 aliphatic rings. The zero-order chi connectivity index (χ0) is 19.6. The molecule has 8 heteroatoms. The van der Waals surface area contributed by atoms with Gasteiger partial charge in [0, 0.05) is 30.9 Å². The Labute approximate surface area is 155 Å². The van der Waals surface area contributed by atoms with Gasteiger partial charge in [0.25, 0.3) is 5.56 Å². The second-order valence-corrected chi connectivity index (χ2v) is 6.33. The van der Waals surface area contributed by atoms with Crippen molar-refractivity contribution in [1.82, 2.24) is 19.6 Å². The number of aromatic hydroxyl groups is 1. The van der Waals surface area contributed by atoms with Crippen LogP contribution in [0.1, 0.15) is 35.8 Å². The Bertz CT molecular complexity index is 1040. The fraction of sp³-hybridized carbons (Fsp3) is 0.263. The van der Waals surface area contributed by atoms with Gasteiger partial charge in [-0.15, -0.1) is 0 Å². The van der Waals surface area contributed by atoms with Crippen molar-refractivity contribution < 1.29 is 14.6 Å². The molecule has 3 rings (SSSR count). The van der Waals surface area contributed by atoms with Crippen molar-refractivity contribution in [2.24, 2.45) is 7.05 Å². The molecule has 0 aliphatic heterocycles. The van der Waals surface area contributed by atoms with Crippen LogP contribution in [0, 0.1) is 0 Å². The fourth-order valence-electron chi connectivity index (χ4n) is 2.75. The summed E-state index contributed by atoms with van der Waals surface area (Å²) in [5.74, 6) is 0.0664. The third-order valence-electron chi connectivity index (χ3n) is 4.12. The van der Waals surface area contributed by atoms with Crippen LogP contribution in [-0.4, -0.2) is 31.0 Å². The Morgan fingerprint density at radius 1 is 1.30 bits per heavy atom. The highest BCUT2D eigenvalue weighted by molar-refractivity contribution is 5.83. The molecular weight excluding hydrogens is 348 g/mol. The number of rotatable bonds is 6. The minimum absolute atomic E-state index is 0.00593. The third kappa shape index (κ3) is 3.59. The number of carbonyl (C=O) groups excluding carboxylic acids is 1. The molecule has 140 valence electrons. The van der Waals surface area contributed by atoms with Crippen molar-refractivity contribution >= 4 is 6.29 Å². The second-order valence-electron chi connectivity index (χ2n) is 6.33. The zero-order valence-electron chi connectivity index (χ0n) is 15.3. The molecule has 27 heavy (non-hydrogen) atoms. The van der Waals surface area contributed by atoms with Crippen molar-refractivity contribution in [2.75, 3.05) is 0 Å². The number of ether oxygens (including phenoxy) is 1. The van der Waals surface area contributed by atoms with E-state index in [9.17, 15) is 14.7 Å². The Balaban J connectivity index is 2.02. The number of aromatic nitrogens is 4. The van der Waals surface area contributed by atoms with Gasteiger partial charge in [0.2, 0.25) is 0 Å². The van der Waals surface area contributed by atoms with Crippen LogP contribution in [0.3, 0.4) is 0 Å². The van der Waals surface area contributed by atoms with E-state index in [1.165, 1.54) is 16.8 Å². The van der Waals surface area contributed by atoms with Crippen LogP contribution >= 0.6 is 0 Å². The first-order valence-corrected chi connectivity index (χ1v) is 8.43. The standard InChI is InChI=1S/C19H20N4O4/c1-12(2)23-15(7-8-20-23)19-13(9-18(26)22(3)21-19)11-27-17-6-4-5-16(25)14(17)10-24/h4-10,12,25H,11H2,1-3H3. The first-order valence-electron chi connectivity index (χ1n) is 8.43. The molecule has 1 N–H and O–H groups in total. The van der Waals surface area contributed by atoms with E-state index in [4.69, 9.17) is 4.74 Å². The molecule has 0 spiro atoms. The van der Waals surface area contributed by atoms with Crippen LogP contribution in [0.15, 0.2) is 41.3 Å². The van der Waals surface area contributed by atoms with E-state index in [1.54, 1.807) is 25.4 Å². The Morgan fingerprint density at radius 2 is 2.07 bits per heavy atom. The topological polar surface area (TPSA) is 99.2 Å². The smallest absolute Gasteiger partial charge is 0.266 e. The van der Waals surface area contributed by atoms with Gasteiger partial charge < -0.3 is 9.84 Å². The van der Waals surface area contributed by atoms with Crippen molar-refractivity contribution in [3.63, 3.8) is 0 Å². The average molecular weight is 368 g/mol. The molecule has 0 radical (unpaired) electrons. The summed E-state index contributed by atoms with van der Waals surface area (Å²) in [4.78, 5) is 23.3. The highest BCUT2D eigenvalue weighted by Crippen LogP contribution is 2.28. The molecule has 0 atom stereocenters. The Morgan fingerprint density at radius 3 is 2.78 bits per heavy atom. The maximum atomic E-state index is 12.1. The lowest BCUT2D eigenvalue weighted by Crippen LogP contribution is -2.22. The third-order valence-corrected chi connectivity index (χ3v) is 4.12. The quantitative estimate of drug-likeness (QED) is 0.671. The summed E-state index contributed by atoms with van der Waals surface area (Å²) < 4.78 is 8.78. The van der Waals surface area contributed by atoms with Crippen LogP contribution < -0.4 is 10.3 Å². The van der Waals surface area contributed by atoms with E-state index in [0.717, 1.165) is 5.69 Å². The predicted molar refractivity (Wildman–Crippen MR) is 98.9 cm³/mol. The van der Waals surface area contributed by atoms with Gasteiger partial charge in [0.1, 0.15) is 23.8 Å². The van der Waals surface area contributed by atoms with Crippen molar-refractivity contribution in [1.29, 1.82) is 0 Å². The van der Waals surface area contributed by atoms with Gasteiger partial charge in [0.05, 0.1) is 11.3 Å². The first kappa shape index (κ1) is 18.4. The van der Waals surface area contributed by atoms with E-state index in [0.29, 0.717) is 17.5 Å². The summed E-state index contributed by atoms with van der Waals surface area (Å²) in [5, 5.41) is 18.5. The lowest BCUT2D eigenvalue weighted by Gasteiger charge is -2.15. The second kappa shape index (κ2) is 7.45. The number of nitrogens with zero attached hydrogens (tertiary/aromatic N) is 4. The number of phenols is 1. The van der Waals surface area contributed by atoms with Gasteiger partial charge in [-0.25, -0.2) is 4.68 Å². The van der Waals surface area contributed by atoms with E-state index in [-0.39, 0.29) is 35.3 Å². The highest BCUT2D eigenvalue weighted by atomic mass is 16.5. The molecule has 3 aromatic rings. The normalized spacial score (nSPS) is 11.0. The van der Waals surface area contributed by atoms with Gasteiger partial charge in [-0.3, -0.25) is 14.3 Å². The van der Waals surface area contributed by atoms with E-state index in [2.05, 4.69) is 10.2 Å². The fourth-order valence-corrected chi connectivity index (χ4v) is 2.75. The number of carbonyl (C=O) groups is 1. The van der Waals surface area contributed by atoms with Crippen molar-refractivity contribution in [3.05, 3.63) is 58.0 Å². The van der Waals surface area contributed by atoms with Crippen LogP contribution in [0.4, 0.5) is 0 Å². The number of benzene rings is 1. The number of aryl methyl sites for hydroxylation is 1. The van der Waals surface area contributed by atoms with Gasteiger partial charge in [-0.2, -0.15) is 10.2 Å². The van der Waals surface area contributed by atoms with Crippen molar-refractivity contribution in [3.8, 4) is 22.9 Å². The largest absolute Gasteiger partial charge is 0.507 e. The van der Waals surface area contributed by atoms with Crippen LogP contribution in [0.5, 0.6) is 11.5 Å². The molecule has 0 saturated carbocycles. The number of phenolic OH excluding ortho intramolecular Hbond substituents is 1. The van der Waals surface area contributed by atoms with Crippen molar-refractivity contribution in [2.45, 2.75) is 26.5 Å². The Kier molecular flexibility index (Phi) is 5.07. The molecule has 0 bridgehead atoms. The molecule has 0 amide bonds. The van der Waals surface area contributed by atoms with Gasteiger partial charge in [-0.1, -0.05) is 6.07 Å². The summed E-state index contributed by atoms with van der Waals surface area (Å²) in [6.07, 6.45) is 2.20. The van der Waals surface area contributed by atoms with Gasteiger partial charge >= 0.3 is 0 Å². The maximum absolute atomic E-state index is 12.1. The number of hydrogen-bond acceptors (Lipinski definition) is 6. The maximum Gasteiger partial charge on any atom is 0.266 e. The van der Waals surface area contributed by atoms with Gasteiger partial charge in [-0.05, 0) is 32.0 Å². The molecule has 1 aromatic carbocycles. The van der Waals surface area contributed by atoms with E-state index in [1.807, 2.05) is 24.6 Å². The minimum atomic E-state index is -0.278. The highest BCUT2D eigenvalue weighted by Gasteiger charge is 2.17. The summed E-state index contributed by atoms with van der Waals surface area (Å²) >= 11 is 0. The lowest BCUT2D eigenvalue weighted by molar-refractivity contribution is 0.111. The van der Waals surface area contributed by atoms with E-state index >= 15 is 0 Å². The van der Waals surface area contributed by atoms with Crippen LogP contribution in [0.2, 0.25) is 0 Å². The molecule has 0 fully saturated rings. The molecule has 2 heterocycles. The number of aldehydes is 1. The average Bonchev–Trinajstić information content (AvgIpc) is 3.12. The molecule has 0 aliphatic carbocycles. The van der Waals surface area contributed by atoms with Crippen LogP contribution in [-0.2, 0) is 13.7 Å². The first-order chi connectivity index (χ1) is 12.9. The predicted octanol–water partition coefficient (Wildman–Crippen LogP) is 2.32. The molecule has 8 nitrogen and oxygen atoms in total.